The third-order valence-corrected chi connectivity index (χ3v) is 2.59. The van der Waals surface area contributed by atoms with Crippen LogP contribution in [-0.4, -0.2) is 28.0 Å². The van der Waals surface area contributed by atoms with Gasteiger partial charge in [0.2, 0.25) is 0 Å². The molecule has 76 valence electrons. The zero-order valence-electron chi connectivity index (χ0n) is 7.18. The van der Waals surface area contributed by atoms with Gasteiger partial charge < -0.3 is 10.2 Å². The molecule has 0 heterocycles. The van der Waals surface area contributed by atoms with Gasteiger partial charge in [-0.2, -0.15) is 0 Å². The molecule has 1 rings (SSSR count). The van der Waals surface area contributed by atoms with Gasteiger partial charge in [-0.15, -0.1) is 11.8 Å². The van der Waals surface area contributed by atoms with Crippen molar-refractivity contribution in [1.29, 1.82) is 0 Å². The molecule has 2 N–H and O–H groups in total. The van der Waals surface area contributed by atoms with E-state index in [-0.39, 0.29) is 11.6 Å². The first-order valence-corrected chi connectivity index (χ1v) is 4.87. The summed E-state index contributed by atoms with van der Waals surface area (Å²) in [5.41, 5.74) is 0. The van der Waals surface area contributed by atoms with Crippen molar-refractivity contribution < 1.29 is 19.4 Å². The Bertz CT molecular complexity index is 312. The van der Waals surface area contributed by atoms with E-state index < -0.39 is 12.1 Å². The molecule has 0 saturated carbocycles. The smallest absolute Gasteiger partial charge is 0.333 e. The van der Waals surface area contributed by atoms with Crippen molar-refractivity contribution >= 4 is 17.7 Å². The number of thioether (sulfide) groups is 1. The number of halogens is 1. The van der Waals surface area contributed by atoms with Gasteiger partial charge in [-0.05, 0) is 24.3 Å². The first kappa shape index (κ1) is 11.0. The van der Waals surface area contributed by atoms with E-state index in [1.54, 1.807) is 0 Å². The van der Waals surface area contributed by atoms with E-state index in [9.17, 15) is 9.18 Å². The quantitative estimate of drug-likeness (QED) is 0.746. The van der Waals surface area contributed by atoms with E-state index in [1.165, 1.54) is 36.0 Å². The second-order valence-electron chi connectivity index (χ2n) is 2.62. The van der Waals surface area contributed by atoms with Gasteiger partial charge in [0.25, 0.3) is 0 Å². The summed E-state index contributed by atoms with van der Waals surface area (Å²) in [7, 11) is 0. The Labute approximate surface area is 84.6 Å². The highest BCUT2D eigenvalue weighted by Gasteiger charge is 2.12. The molecule has 0 bridgehead atoms. The van der Waals surface area contributed by atoms with E-state index in [4.69, 9.17) is 10.2 Å². The van der Waals surface area contributed by atoms with Crippen molar-refractivity contribution in [3.63, 3.8) is 0 Å². The number of carboxylic acid groups (broad SMARTS) is 1. The van der Waals surface area contributed by atoms with Crippen molar-refractivity contribution in [2.24, 2.45) is 0 Å². The average Bonchev–Trinajstić information content (AvgIpc) is 2.16. The molecule has 0 aliphatic rings. The minimum absolute atomic E-state index is 0.0565. The molecule has 1 aromatic rings. The SMILES string of the molecule is O=C(O)C(O)CSc1ccc(F)cc1. The van der Waals surface area contributed by atoms with Crippen LogP contribution in [0.15, 0.2) is 29.2 Å². The second-order valence-corrected chi connectivity index (χ2v) is 3.71. The predicted molar refractivity (Wildman–Crippen MR) is 50.8 cm³/mol. The normalized spacial score (nSPS) is 12.4. The van der Waals surface area contributed by atoms with Crippen LogP contribution in [0, 0.1) is 5.82 Å². The largest absolute Gasteiger partial charge is 0.479 e. The van der Waals surface area contributed by atoms with Crippen LogP contribution in [0.25, 0.3) is 0 Å². The van der Waals surface area contributed by atoms with Crippen LogP contribution in [0.3, 0.4) is 0 Å². The molecule has 1 atom stereocenters. The van der Waals surface area contributed by atoms with Crippen LogP contribution >= 0.6 is 11.8 Å². The number of aliphatic hydroxyl groups excluding tert-OH is 1. The molecule has 5 heteroatoms. The van der Waals surface area contributed by atoms with Gasteiger partial charge in [0.1, 0.15) is 5.82 Å². The van der Waals surface area contributed by atoms with Crippen molar-refractivity contribution in [2.45, 2.75) is 11.0 Å². The van der Waals surface area contributed by atoms with Crippen molar-refractivity contribution in [3.8, 4) is 0 Å². The number of hydrogen-bond acceptors (Lipinski definition) is 3. The summed E-state index contributed by atoms with van der Waals surface area (Å²) >= 11 is 1.17. The third-order valence-electron chi connectivity index (χ3n) is 1.51. The number of rotatable bonds is 4. The molecule has 0 radical (unpaired) electrons. The minimum Gasteiger partial charge on any atom is -0.479 e. The molecular weight excluding hydrogens is 207 g/mol. The van der Waals surface area contributed by atoms with Crippen LogP contribution in [-0.2, 0) is 4.79 Å². The van der Waals surface area contributed by atoms with Crippen LogP contribution in [0.4, 0.5) is 4.39 Å². The second kappa shape index (κ2) is 4.97. The Balaban J connectivity index is 2.46. The highest BCUT2D eigenvalue weighted by molar-refractivity contribution is 7.99. The minimum atomic E-state index is -1.38. The van der Waals surface area contributed by atoms with E-state index in [2.05, 4.69) is 0 Å². The maximum Gasteiger partial charge on any atom is 0.333 e. The number of carbonyl (C=O) groups is 1. The van der Waals surface area contributed by atoms with Crippen molar-refractivity contribution in [1.82, 2.24) is 0 Å². The Morgan fingerprint density at radius 1 is 1.43 bits per heavy atom. The van der Waals surface area contributed by atoms with E-state index in [1.807, 2.05) is 0 Å². The highest BCUT2D eigenvalue weighted by atomic mass is 32.2. The fraction of sp³-hybridized carbons (Fsp3) is 0.222. The van der Waals surface area contributed by atoms with Crippen LogP contribution in [0.1, 0.15) is 0 Å². The Hall–Kier alpha value is -1.07. The molecule has 0 fully saturated rings. The molecule has 0 aliphatic heterocycles. The maximum absolute atomic E-state index is 12.5. The molecule has 0 saturated heterocycles. The zero-order valence-corrected chi connectivity index (χ0v) is 8.00. The summed E-state index contributed by atoms with van der Waals surface area (Å²) in [5, 5.41) is 17.3. The highest BCUT2D eigenvalue weighted by Crippen LogP contribution is 2.18. The third kappa shape index (κ3) is 3.35. The van der Waals surface area contributed by atoms with Gasteiger partial charge in [0.05, 0.1) is 0 Å². The number of aliphatic hydroxyl groups is 1. The summed E-state index contributed by atoms with van der Waals surface area (Å²) in [6, 6.07) is 5.65. The summed E-state index contributed by atoms with van der Waals surface area (Å²) < 4.78 is 12.5. The fourth-order valence-corrected chi connectivity index (χ4v) is 1.60. The van der Waals surface area contributed by atoms with Gasteiger partial charge in [0.15, 0.2) is 6.10 Å². The van der Waals surface area contributed by atoms with Gasteiger partial charge in [-0.25, -0.2) is 9.18 Å². The van der Waals surface area contributed by atoms with Crippen molar-refractivity contribution in [3.05, 3.63) is 30.1 Å². The van der Waals surface area contributed by atoms with E-state index >= 15 is 0 Å². The first-order valence-electron chi connectivity index (χ1n) is 3.89. The lowest BCUT2D eigenvalue weighted by molar-refractivity contribution is -0.145. The lowest BCUT2D eigenvalue weighted by Crippen LogP contribution is -2.21. The number of hydrogen-bond donors (Lipinski definition) is 2. The summed E-state index contributed by atoms with van der Waals surface area (Å²) in [6.07, 6.45) is -1.38. The molecule has 3 nitrogen and oxygen atoms in total. The first-order chi connectivity index (χ1) is 6.59. The zero-order chi connectivity index (χ0) is 10.6. The summed E-state index contributed by atoms with van der Waals surface area (Å²) in [5.74, 6) is -1.53. The number of carboxylic acids is 1. The van der Waals surface area contributed by atoms with Crippen LogP contribution in [0.5, 0.6) is 0 Å². The Morgan fingerprint density at radius 3 is 2.50 bits per heavy atom. The Morgan fingerprint density at radius 2 is 2.00 bits per heavy atom. The molecule has 0 aromatic heterocycles. The molecule has 1 unspecified atom stereocenters. The van der Waals surface area contributed by atoms with Gasteiger partial charge >= 0.3 is 5.97 Å². The van der Waals surface area contributed by atoms with Gasteiger partial charge in [-0.3, -0.25) is 0 Å². The van der Waals surface area contributed by atoms with E-state index in [0.29, 0.717) is 0 Å². The van der Waals surface area contributed by atoms with Gasteiger partial charge in [-0.1, -0.05) is 0 Å². The van der Waals surface area contributed by atoms with Crippen LogP contribution < -0.4 is 0 Å². The molecule has 0 spiro atoms. The summed E-state index contributed by atoms with van der Waals surface area (Å²) in [4.78, 5) is 11.0. The van der Waals surface area contributed by atoms with Crippen LogP contribution in [0.2, 0.25) is 0 Å². The molecule has 0 aliphatic carbocycles. The Kier molecular flexibility index (Phi) is 3.91. The molecule has 1 aromatic carbocycles. The molecule has 0 amide bonds. The lowest BCUT2D eigenvalue weighted by atomic mass is 10.4. The fourth-order valence-electron chi connectivity index (χ4n) is 0.777. The average molecular weight is 216 g/mol. The summed E-state index contributed by atoms with van der Waals surface area (Å²) in [6.45, 7) is 0. The predicted octanol–water partition coefficient (Wildman–Crippen LogP) is 1.36. The monoisotopic (exact) mass is 216 g/mol. The molecule has 14 heavy (non-hydrogen) atoms. The maximum atomic E-state index is 12.5. The number of benzene rings is 1. The van der Waals surface area contributed by atoms with Gasteiger partial charge in [0, 0.05) is 10.6 Å². The van der Waals surface area contributed by atoms with E-state index in [0.717, 1.165) is 4.90 Å². The standard InChI is InChI=1S/C9H9FO3S/c10-6-1-3-7(4-2-6)14-5-8(11)9(12)13/h1-4,8,11H,5H2,(H,12,13). The number of aliphatic carboxylic acids is 1. The lowest BCUT2D eigenvalue weighted by Gasteiger charge is -2.04. The molecular formula is C9H9FO3S. The van der Waals surface area contributed by atoms with Crippen molar-refractivity contribution in [2.75, 3.05) is 5.75 Å². The topological polar surface area (TPSA) is 57.5 Å².